The van der Waals surface area contributed by atoms with Gasteiger partial charge in [0.1, 0.15) is 0 Å². The van der Waals surface area contributed by atoms with Gasteiger partial charge in [0.25, 0.3) is 5.91 Å². The normalized spacial score (nSPS) is 11.9. The van der Waals surface area contributed by atoms with Crippen LogP contribution in [0.15, 0.2) is 65.7 Å². The summed E-state index contributed by atoms with van der Waals surface area (Å²) in [5.41, 5.74) is 1.15. The number of amides is 1. The Bertz CT molecular complexity index is 654. The molecule has 0 bridgehead atoms. The lowest BCUT2D eigenvalue weighted by Crippen LogP contribution is -2.42. The van der Waals surface area contributed by atoms with E-state index < -0.39 is 12.0 Å². The third-order valence-corrected chi connectivity index (χ3v) is 2.91. The predicted molar refractivity (Wildman–Crippen MR) is 84.3 cm³/mol. The van der Waals surface area contributed by atoms with Crippen LogP contribution in [0.3, 0.4) is 0 Å². The summed E-state index contributed by atoms with van der Waals surface area (Å²) in [6.45, 7) is 0. The van der Waals surface area contributed by atoms with Gasteiger partial charge < -0.3 is 10.1 Å². The van der Waals surface area contributed by atoms with Crippen molar-refractivity contribution in [1.82, 2.24) is 5.32 Å². The molecule has 112 valence electrons. The van der Waals surface area contributed by atoms with E-state index in [1.807, 2.05) is 24.3 Å². The van der Waals surface area contributed by atoms with E-state index in [4.69, 9.17) is 4.74 Å². The maximum absolute atomic E-state index is 12.1. The quantitative estimate of drug-likeness (QED) is 0.680. The average Bonchev–Trinajstić information content (AvgIpc) is 2.59. The molecule has 2 aromatic rings. The van der Waals surface area contributed by atoms with Crippen LogP contribution >= 0.6 is 0 Å². The van der Waals surface area contributed by atoms with E-state index in [-0.39, 0.29) is 5.91 Å². The van der Waals surface area contributed by atoms with Gasteiger partial charge in [-0.2, -0.15) is 0 Å². The summed E-state index contributed by atoms with van der Waals surface area (Å²) in [5.74, 6) is -0.945. The van der Waals surface area contributed by atoms with Gasteiger partial charge in [-0.05, 0) is 24.3 Å². The molecule has 0 saturated heterocycles. The Kier molecular flexibility index (Phi) is 5.43. The third-order valence-electron chi connectivity index (χ3n) is 2.91. The second-order valence-electron chi connectivity index (χ2n) is 4.45. The van der Waals surface area contributed by atoms with Crippen molar-refractivity contribution in [2.75, 3.05) is 7.11 Å². The van der Waals surface area contributed by atoms with Crippen LogP contribution in [0.5, 0.6) is 0 Å². The molecule has 0 aliphatic carbocycles. The highest BCUT2D eigenvalue weighted by atomic mass is 16.5. The van der Waals surface area contributed by atoms with Crippen LogP contribution in [-0.4, -0.2) is 31.2 Å². The number of rotatable bonds is 5. The Balaban J connectivity index is 2.12. The minimum Gasteiger partial charge on any atom is -0.467 e. The van der Waals surface area contributed by atoms with Crippen LogP contribution in [0.1, 0.15) is 10.4 Å². The Morgan fingerprint density at radius 3 is 2.23 bits per heavy atom. The lowest BCUT2D eigenvalue weighted by atomic mass is 10.2. The van der Waals surface area contributed by atoms with Gasteiger partial charge >= 0.3 is 5.97 Å². The third kappa shape index (κ3) is 4.28. The van der Waals surface area contributed by atoms with Crippen LogP contribution < -0.4 is 5.32 Å². The van der Waals surface area contributed by atoms with Gasteiger partial charge in [0.15, 0.2) is 6.04 Å². The topological polar surface area (TPSA) is 67.8 Å². The minimum absolute atomic E-state index is 0.365. The maximum Gasteiger partial charge on any atom is 0.334 e. The zero-order valence-corrected chi connectivity index (χ0v) is 12.1. The lowest BCUT2D eigenvalue weighted by molar-refractivity contribution is -0.140. The van der Waals surface area contributed by atoms with E-state index >= 15 is 0 Å². The number of para-hydroxylation sites is 1. The van der Waals surface area contributed by atoms with Crippen LogP contribution in [0, 0.1) is 0 Å². The van der Waals surface area contributed by atoms with Crippen molar-refractivity contribution in [3.05, 3.63) is 66.2 Å². The monoisotopic (exact) mass is 296 g/mol. The van der Waals surface area contributed by atoms with E-state index in [1.54, 1.807) is 36.4 Å². The van der Waals surface area contributed by atoms with E-state index in [0.717, 1.165) is 0 Å². The molecule has 0 saturated carbocycles. The number of carbonyl (C=O) groups excluding carboxylic acids is 2. The molecule has 1 unspecified atom stereocenters. The molecule has 0 heterocycles. The van der Waals surface area contributed by atoms with Crippen molar-refractivity contribution in [2.45, 2.75) is 6.04 Å². The zero-order valence-electron chi connectivity index (χ0n) is 12.1. The number of ether oxygens (including phenoxy) is 1. The summed E-state index contributed by atoms with van der Waals surface area (Å²) in [4.78, 5) is 28.1. The fourth-order valence-electron chi connectivity index (χ4n) is 1.77. The highest BCUT2D eigenvalue weighted by Gasteiger charge is 2.20. The standard InChI is InChI=1S/C17H16N2O3/c1-22-17(21)15(12-18-14-10-6-3-7-11-14)19-16(20)13-8-4-2-5-9-13/h2-12,15H,1H3,(H,19,20). The lowest BCUT2D eigenvalue weighted by Gasteiger charge is -2.12. The number of methoxy groups -OCH3 is 1. The number of hydrogen-bond acceptors (Lipinski definition) is 4. The molecular formula is C17H16N2O3. The van der Waals surface area contributed by atoms with E-state index in [1.165, 1.54) is 13.3 Å². The second kappa shape index (κ2) is 7.73. The van der Waals surface area contributed by atoms with E-state index in [9.17, 15) is 9.59 Å². The molecule has 0 spiro atoms. The van der Waals surface area contributed by atoms with Gasteiger partial charge in [-0.15, -0.1) is 0 Å². The molecule has 2 aromatic carbocycles. The predicted octanol–water partition coefficient (Wildman–Crippen LogP) is 2.36. The Hall–Kier alpha value is -2.95. The summed E-state index contributed by atoms with van der Waals surface area (Å²) in [5, 5.41) is 2.59. The Labute approximate surface area is 128 Å². The first-order chi connectivity index (χ1) is 10.7. The van der Waals surface area contributed by atoms with Crippen molar-refractivity contribution in [3.63, 3.8) is 0 Å². The first-order valence-electron chi connectivity index (χ1n) is 6.73. The van der Waals surface area contributed by atoms with Crippen molar-refractivity contribution in [2.24, 2.45) is 4.99 Å². The number of hydrogen-bond donors (Lipinski definition) is 1. The Morgan fingerprint density at radius 1 is 1.05 bits per heavy atom. The number of nitrogens with one attached hydrogen (secondary N) is 1. The number of esters is 1. The average molecular weight is 296 g/mol. The first-order valence-corrected chi connectivity index (χ1v) is 6.73. The highest BCUT2D eigenvalue weighted by molar-refractivity contribution is 6.03. The SMILES string of the molecule is COC(=O)C(C=Nc1ccccc1)NC(=O)c1ccccc1. The largest absolute Gasteiger partial charge is 0.467 e. The van der Waals surface area contributed by atoms with Crippen molar-refractivity contribution >= 4 is 23.8 Å². The number of benzene rings is 2. The molecule has 0 radical (unpaired) electrons. The molecule has 0 aliphatic heterocycles. The molecule has 5 heteroatoms. The molecule has 2 rings (SSSR count). The van der Waals surface area contributed by atoms with Gasteiger partial charge in [-0.25, -0.2) is 4.79 Å². The van der Waals surface area contributed by atoms with Gasteiger partial charge in [0, 0.05) is 11.8 Å². The Morgan fingerprint density at radius 2 is 1.64 bits per heavy atom. The molecule has 1 N–H and O–H groups in total. The molecule has 1 amide bonds. The summed E-state index contributed by atoms with van der Waals surface area (Å²) in [7, 11) is 1.26. The van der Waals surface area contributed by atoms with E-state index in [0.29, 0.717) is 11.3 Å². The van der Waals surface area contributed by atoms with Crippen LogP contribution in [-0.2, 0) is 9.53 Å². The van der Waals surface area contributed by atoms with Gasteiger partial charge in [0.05, 0.1) is 12.8 Å². The second-order valence-corrected chi connectivity index (χ2v) is 4.45. The maximum atomic E-state index is 12.1. The van der Waals surface area contributed by atoms with Gasteiger partial charge in [-0.1, -0.05) is 36.4 Å². The number of nitrogens with zero attached hydrogens (tertiary/aromatic N) is 1. The van der Waals surface area contributed by atoms with Crippen LogP contribution in [0.2, 0.25) is 0 Å². The van der Waals surface area contributed by atoms with E-state index in [2.05, 4.69) is 10.3 Å². The molecule has 0 aliphatic rings. The van der Waals surface area contributed by atoms with Crippen molar-refractivity contribution in [1.29, 1.82) is 0 Å². The molecule has 1 atom stereocenters. The summed E-state index contributed by atoms with van der Waals surface area (Å²) >= 11 is 0. The van der Waals surface area contributed by atoms with Gasteiger partial charge in [0.2, 0.25) is 0 Å². The van der Waals surface area contributed by atoms with Crippen molar-refractivity contribution < 1.29 is 14.3 Å². The molecule has 22 heavy (non-hydrogen) atoms. The summed E-state index contributed by atoms with van der Waals surface area (Å²) in [6, 6.07) is 16.8. The molecular weight excluding hydrogens is 280 g/mol. The molecule has 0 aromatic heterocycles. The van der Waals surface area contributed by atoms with Crippen LogP contribution in [0.25, 0.3) is 0 Å². The zero-order chi connectivity index (χ0) is 15.8. The highest BCUT2D eigenvalue weighted by Crippen LogP contribution is 2.09. The molecule has 5 nitrogen and oxygen atoms in total. The van der Waals surface area contributed by atoms with Gasteiger partial charge in [-0.3, -0.25) is 9.79 Å². The van der Waals surface area contributed by atoms with Crippen LogP contribution in [0.4, 0.5) is 5.69 Å². The summed E-state index contributed by atoms with van der Waals surface area (Å²) in [6.07, 6.45) is 1.36. The fraction of sp³-hybridized carbons (Fsp3) is 0.118. The minimum atomic E-state index is -0.946. The smallest absolute Gasteiger partial charge is 0.334 e. The number of carbonyl (C=O) groups is 2. The number of aliphatic imine (C=N–C) groups is 1. The fourth-order valence-corrected chi connectivity index (χ4v) is 1.77. The van der Waals surface area contributed by atoms with Crippen molar-refractivity contribution in [3.8, 4) is 0 Å². The first kappa shape index (κ1) is 15.4. The molecule has 0 fully saturated rings. The summed E-state index contributed by atoms with van der Waals surface area (Å²) < 4.78 is 4.69.